The molecule has 5 nitrogen and oxygen atoms in total. The molecule has 1 aliphatic rings. The van der Waals surface area contributed by atoms with Gasteiger partial charge in [0.2, 0.25) is 10.0 Å². The van der Waals surface area contributed by atoms with Crippen molar-refractivity contribution in [1.82, 2.24) is 9.21 Å². The van der Waals surface area contributed by atoms with Crippen LogP contribution in [0.4, 0.5) is 0 Å². The van der Waals surface area contributed by atoms with Gasteiger partial charge in [-0.05, 0) is 43.6 Å². The molecule has 0 atom stereocenters. The summed E-state index contributed by atoms with van der Waals surface area (Å²) in [7, 11) is -1.67. The Morgan fingerprint density at radius 3 is 2.43 bits per heavy atom. The lowest BCUT2D eigenvalue weighted by Gasteiger charge is -2.21. The van der Waals surface area contributed by atoms with Gasteiger partial charge < -0.3 is 4.90 Å². The quantitative estimate of drug-likeness (QED) is 0.797. The Morgan fingerprint density at radius 2 is 1.86 bits per heavy atom. The predicted octanol–water partition coefficient (Wildman–Crippen LogP) is 1.42. The normalized spacial score (nSPS) is 16.2. The second-order valence-corrected chi connectivity index (χ2v) is 7.51. The van der Waals surface area contributed by atoms with Crippen molar-refractivity contribution in [2.24, 2.45) is 0 Å². The summed E-state index contributed by atoms with van der Waals surface area (Å²) in [5.41, 5.74) is 1.25. The molecule has 1 aliphatic heterocycles. The summed E-state index contributed by atoms with van der Waals surface area (Å²) in [5, 5.41) is 8.74. The van der Waals surface area contributed by atoms with Crippen LogP contribution in [-0.4, -0.2) is 50.8 Å². The molecule has 0 saturated carbocycles. The molecule has 114 valence electrons. The molecule has 0 N–H and O–H groups in total. The number of likely N-dealkylation sites (tertiary alicyclic amines) is 1. The van der Waals surface area contributed by atoms with Crippen molar-refractivity contribution in [2.75, 3.05) is 33.2 Å². The van der Waals surface area contributed by atoms with E-state index >= 15 is 0 Å². The van der Waals surface area contributed by atoms with E-state index in [0.717, 1.165) is 19.6 Å². The molecule has 21 heavy (non-hydrogen) atoms. The Morgan fingerprint density at radius 1 is 1.24 bits per heavy atom. The number of likely N-dealkylation sites (N-methyl/N-ethyl adjacent to an activating group) is 1. The van der Waals surface area contributed by atoms with Gasteiger partial charge in [0.15, 0.2) is 0 Å². The van der Waals surface area contributed by atoms with E-state index < -0.39 is 10.0 Å². The first-order valence-corrected chi connectivity index (χ1v) is 8.77. The summed E-state index contributed by atoms with van der Waals surface area (Å²) in [6.45, 7) is 3.47. The van der Waals surface area contributed by atoms with Crippen molar-refractivity contribution >= 4 is 10.0 Å². The largest absolute Gasteiger partial charge is 0.302 e. The first-order chi connectivity index (χ1) is 10.0. The van der Waals surface area contributed by atoms with Crippen LogP contribution in [0.3, 0.4) is 0 Å². The Kier molecular flexibility index (Phi) is 5.34. The molecule has 1 aromatic carbocycles. The van der Waals surface area contributed by atoms with E-state index in [4.69, 9.17) is 5.26 Å². The van der Waals surface area contributed by atoms with Crippen molar-refractivity contribution in [1.29, 1.82) is 5.26 Å². The SMILES string of the molecule is CN(CCN1CCCC1)S(=O)(=O)Cc1ccc(C#N)cc1. The summed E-state index contributed by atoms with van der Waals surface area (Å²) in [6.07, 6.45) is 2.42. The highest BCUT2D eigenvalue weighted by Gasteiger charge is 2.20. The van der Waals surface area contributed by atoms with Gasteiger partial charge in [0.25, 0.3) is 0 Å². The molecule has 1 fully saturated rings. The minimum absolute atomic E-state index is 0.0186. The van der Waals surface area contributed by atoms with E-state index in [9.17, 15) is 8.42 Å². The maximum Gasteiger partial charge on any atom is 0.218 e. The average molecular weight is 307 g/mol. The van der Waals surface area contributed by atoms with Gasteiger partial charge in [-0.15, -0.1) is 0 Å². The maximum absolute atomic E-state index is 12.3. The lowest BCUT2D eigenvalue weighted by Crippen LogP contribution is -2.35. The molecule has 0 spiro atoms. The van der Waals surface area contributed by atoms with Gasteiger partial charge in [-0.1, -0.05) is 12.1 Å². The number of rotatable bonds is 6. The number of nitriles is 1. The number of nitrogens with zero attached hydrogens (tertiary/aromatic N) is 3. The molecular weight excluding hydrogens is 286 g/mol. The topological polar surface area (TPSA) is 64.4 Å². The number of benzene rings is 1. The summed E-state index contributed by atoms with van der Waals surface area (Å²) in [4.78, 5) is 2.30. The van der Waals surface area contributed by atoms with Crippen LogP contribution in [0.25, 0.3) is 0 Å². The highest BCUT2D eigenvalue weighted by atomic mass is 32.2. The van der Waals surface area contributed by atoms with E-state index in [1.54, 1.807) is 31.3 Å². The van der Waals surface area contributed by atoms with E-state index in [0.29, 0.717) is 17.7 Å². The van der Waals surface area contributed by atoms with Gasteiger partial charge in [0.1, 0.15) is 0 Å². The zero-order chi connectivity index (χ0) is 15.3. The van der Waals surface area contributed by atoms with Crippen LogP contribution in [0.5, 0.6) is 0 Å². The van der Waals surface area contributed by atoms with Crippen LogP contribution in [0.1, 0.15) is 24.0 Å². The van der Waals surface area contributed by atoms with Crippen LogP contribution in [0.2, 0.25) is 0 Å². The summed E-state index contributed by atoms with van der Waals surface area (Å²) >= 11 is 0. The van der Waals surface area contributed by atoms with Crippen LogP contribution in [0.15, 0.2) is 24.3 Å². The van der Waals surface area contributed by atoms with Gasteiger partial charge in [-0.2, -0.15) is 5.26 Å². The van der Waals surface area contributed by atoms with Crippen molar-refractivity contribution in [3.63, 3.8) is 0 Å². The summed E-state index contributed by atoms with van der Waals surface area (Å²) in [5.74, 6) is -0.0186. The minimum Gasteiger partial charge on any atom is -0.302 e. The van der Waals surface area contributed by atoms with E-state index in [1.165, 1.54) is 17.1 Å². The van der Waals surface area contributed by atoms with Gasteiger partial charge in [0.05, 0.1) is 17.4 Å². The van der Waals surface area contributed by atoms with Crippen LogP contribution < -0.4 is 0 Å². The van der Waals surface area contributed by atoms with Gasteiger partial charge in [-0.3, -0.25) is 0 Å². The number of hydrogen-bond donors (Lipinski definition) is 0. The standard InChI is InChI=1S/C15H21N3O2S/c1-17(10-11-18-8-2-3-9-18)21(19,20)13-15-6-4-14(12-16)5-7-15/h4-7H,2-3,8-11,13H2,1H3. The summed E-state index contributed by atoms with van der Waals surface area (Å²) in [6, 6.07) is 8.72. The van der Waals surface area contributed by atoms with Gasteiger partial charge in [0, 0.05) is 20.1 Å². The molecule has 0 bridgehead atoms. The molecule has 1 aromatic rings. The summed E-state index contributed by atoms with van der Waals surface area (Å²) < 4.78 is 26.0. The van der Waals surface area contributed by atoms with Crippen LogP contribution >= 0.6 is 0 Å². The molecule has 0 aliphatic carbocycles. The van der Waals surface area contributed by atoms with Crippen LogP contribution in [-0.2, 0) is 15.8 Å². The first-order valence-electron chi connectivity index (χ1n) is 7.17. The minimum atomic E-state index is -3.30. The lowest BCUT2D eigenvalue weighted by molar-refractivity contribution is 0.310. The first kappa shape index (κ1) is 16.0. The second kappa shape index (κ2) is 7.03. The number of sulfonamides is 1. The van der Waals surface area contributed by atoms with Crippen molar-refractivity contribution in [3.05, 3.63) is 35.4 Å². The third-order valence-corrected chi connectivity index (χ3v) is 5.67. The zero-order valence-corrected chi connectivity index (χ0v) is 13.1. The van der Waals surface area contributed by atoms with Crippen molar-refractivity contribution in [2.45, 2.75) is 18.6 Å². The van der Waals surface area contributed by atoms with Crippen molar-refractivity contribution < 1.29 is 8.42 Å². The Bertz CT molecular complexity index is 599. The fourth-order valence-corrected chi connectivity index (χ4v) is 3.62. The highest BCUT2D eigenvalue weighted by Crippen LogP contribution is 2.12. The van der Waals surface area contributed by atoms with Crippen LogP contribution in [0, 0.1) is 11.3 Å². The van der Waals surface area contributed by atoms with Gasteiger partial charge >= 0.3 is 0 Å². The molecule has 1 heterocycles. The zero-order valence-electron chi connectivity index (χ0n) is 12.3. The Hall–Kier alpha value is -1.42. The second-order valence-electron chi connectivity index (χ2n) is 5.44. The molecule has 0 aromatic heterocycles. The maximum atomic E-state index is 12.3. The molecule has 0 unspecified atom stereocenters. The Labute approximate surface area is 126 Å². The molecule has 1 saturated heterocycles. The highest BCUT2D eigenvalue weighted by molar-refractivity contribution is 7.88. The number of hydrogen-bond acceptors (Lipinski definition) is 4. The predicted molar refractivity (Wildman–Crippen MR) is 82.1 cm³/mol. The Balaban J connectivity index is 1.91. The van der Waals surface area contributed by atoms with E-state index in [-0.39, 0.29) is 5.75 Å². The fourth-order valence-electron chi connectivity index (χ4n) is 2.42. The molecular formula is C15H21N3O2S. The van der Waals surface area contributed by atoms with E-state index in [1.807, 2.05) is 6.07 Å². The molecule has 0 amide bonds. The lowest BCUT2D eigenvalue weighted by atomic mass is 10.2. The smallest absolute Gasteiger partial charge is 0.218 e. The fraction of sp³-hybridized carbons (Fsp3) is 0.533. The third kappa shape index (κ3) is 4.53. The van der Waals surface area contributed by atoms with E-state index in [2.05, 4.69) is 4.90 Å². The average Bonchev–Trinajstić information content (AvgIpc) is 2.98. The van der Waals surface area contributed by atoms with Gasteiger partial charge in [-0.25, -0.2) is 12.7 Å². The third-order valence-electron chi connectivity index (χ3n) is 3.84. The molecule has 0 radical (unpaired) electrons. The molecule has 2 rings (SSSR count). The van der Waals surface area contributed by atoms with Crippen molar-refractivity contribution in [3.8, 4) is 6.07 Å². The molecule has 6 heteroatoms. The monoisotopic (exact) mass is 307 g/mol.